The highest BCUT2D eigenvalue weighted by Crippen LogP contribution is 2.12. The van der Waals surface area contributed by atoms with Crippen molar-refractivity contribution in [3.63, 3.8) is 0 Å². The van der Waals surface area contributed by atoms with Gasteiger partial charge in [-0.15, -0.1) is 5.10 Å². The number of rotatable bonds is 3. The Bertz CT molecular complexity index is 640. The molecule has 0 saturated heterocycles. The second-order valence-corrected chi connectivity index (χ2v) is 4.28. The lowest BCUT2D eigenvalue weighted by atomic mass is 10.2. The van der Waals surface area contributed by atoms with Gasteiger partial charge in [0.05, 0.1) is 0 Å². The lowest BCUT2D eigenvalue weighted by molar-refractivity contribution is -0.115. The van der Waals surface area contributed by atoms with Crippen LogP contribution in [0, 0.1) is 0 Å². The Morgan fingerprint density at radius 2 is 2.28 bits per heavy atom. The molecule has 2 N–H and O–H groups in total. The molecule has 0 aliphatic rings. The summed E-state index contributed by atoms with van der Waals surface area (Å²) in [7, 11) is 0. The summed E-state index contributed by atoms with van der Waals surface area (Å²) >= 11 is 0. The van der Waals surface area contributed by atoms with E-state index >= 15 is 0 Å². The van der Waals surface area contributed by atoms with Crippen LogP contribution in [-0.4, -0.2) is 25.5 Å². The molecule has 0 spiro atoms. The molecular formula is C11H15N5O2. The van der Waals surface area contributed by atoms with E-state index in [2.05, 4.69) is 20.4 Å². The van der Waals surface area contributed by atoms with E-state index in [1.165, 1.54) is 10.6 Å². The second-order valence-electron chi connectivity index (χ2n) is 4.28. The Kier molecular flexibility index (Phi) is 3.14. The SMILES string of the molecule is CCC(=O)Nc1cc(=O)[nH]c2nc(C(C)C)nn12. The molecule has 0 unspecified atom stereocenters. The van der Waals surface area contributed by atoms with E-state index < -0.39 is 0 Å². The van der Waals surface area contributed by atoms with Crippen LogP contribution in [0.3, 0.4) is 0 Å². The summed E-state index contributed by atoms with van der Waals surface area (Å²) in [4.78, 5) is 29.6. The van der Waals surface area contributed by atoms with Crippen LogP contribution in [0.5, 0.6) is 0 Å². The number of hydrogen-bond acceptors (Lipinski definition) is 4. The van der Waals surface area contributed by atoms with E-state index in [4.69, 9.17) is 0 Å². The molecule has 18 heavy (non-hydrogen) atoms. The Labute approximate surface area is 103 Å². The number of H-pyrrole nitrogens is 1. The molecule has 0 aliphatic heterocycles. The molecule has 1 amide bonds. The number of aromatic amines is 1. The van der Waals surface area contributed by atoms with Crippen molar-refractivity contribution in [3.05, 3.63) is 22.2 Å². The molecule has 96 valence electrons. The van der Waals surface area contributed by atoms with Crippen molar-refractivity contribution in [2.45, 2.75) is 33.1 Å². The third-order valence-corrected chi connectivity index (χ3v) is 2.46. The second kappa shape index (κ2) is 4.59. The quantitative estimate of drug-likeness (QED) is 0.844. The van der Waals surface area contributed by atoms with E-state index in [1.807, 2.05) is 13.8 Å². The number of amides is 1. The van der Waals surface area contributed by atoms with Crippen molar-refractivity contribution < 1.29 is 4.79 Å². The summed E-state index contributed by atoms with van der Waals surface area (Å²) in [6.07, 6.45) is 0.333. The van der Waals surface area contributed by atoms with E-state index in [0.29, 0.717) is 23.8 Å². The van der Waals surface area contributed by atoms with Gasteiger partial charge in [-0.1, -0.05) is 20.8 Å². The van der Waals surface area contributed by atoms with Gasteiger partial charge in [0.25, 0.3) is 5.56 Å². The van der Waals surface area contributed by atoms with Crippen LogP contribution >= 0.6 is 0 Å². The summed E-state index contributed by atoms with van der Waals surface area (Å²) in [6, 6.07) is 1.29. The van der Waals surface area contributed by atoms with Crippen LogP contribution in [0.15, 0.2) is 10.9 Å². The molecule has 2 rings (SSSR count). The molecule has 7 nitrogen and oxygen atoms in total. The summed E-state index contributed by atoms with van der Waals surface area (Å²) in [5.41, 5.74) is -0.323. The van der Waals surface area contributed by atoms with Gasteiger partial charge in [-0.3, -0.25) is 14.6 Å². The van der Waals surface area contributed by atoms with E-state index in [1.54, 1.807) is 6.92 Å². The average Bonchev–Trinajstić information content (AvgIpc) is 2.72. The maximum absolute atomic E-state index is 11.5. The van der Waals surface area contributed by atoms with Gasteiger partial charge in [0.1, 0.15) is 5.82 Å². The largest absolute Gasteiger partial charge is 0.310 e. The first-order chi connectivity index (χ1) is 8.51. The fourth-order valence-corrected chi connectivity index (χ4v) is 1.47. The monoisotopic (exact) mass is 249 g/mol. The minimum atomic E-state index is -0.323. The summed E-state index contributed by atoms with van der Waals surface area (Å²) in [6.45, 7) is 5.65. The zero-order chi connectivity index (χ0) is 13.3. The Morgan fingerprint density at radius 3 is 2.89 bits per heavy atom. The van der Waals surface area contributed by atoms with Gasteiger partial charge in [0, 0.05) is 18.4 Å². The highest BCUT2D eigenvalue weighted by Gasteiger charge is 2.12. The van der Waals surface area contributed by atoms with Gasteiger partial charge < -0.3 is 5.32 Å². The Balaban J connectivity index is 2.57. The molecule has 0 radical (unpaired) electrons. The first-order valence-corrected chi connectivity index (χ1v) is 5.81. The molecule has 0 bridgehead atoms. The van der Waals surface area contributed by atoms with Gasteiger partial charge in [0.15, 0.2) is 5.82 Å². The molecule has 2 heterocycles. The molecular weight excluding hydrogens is 234 g/mol. The van der Waals surface area contributed by atoms with Crippen LogP contribution in [0.4, 0.5) is 5.82 Å². The number of nitrogens with zero attached hydrogens (tertiary/aromatic N) is 3. The lowest BCUT2D eigenvalue weighted by Gasteiger charge is -2.04. The van der Waals surface area contributed by atoms with Gasteiger partial charge in [-0.05, 0) is 0 Å². The zero-order valence-electron chi connectivity index (χ0n) is 10.5. The van der Waals surface area contributed by atoms with Gasteiger partial charge in [-0.25, -0.2) is 0 Å². The van der Waals surface area contributed by atoms with E-state index in [9.17, 15) is 9.59 Å². The van der Waals surface area contributed by atoms with Crippen molar-refractivity contribution in [1.29, 1.82) is 0 Å². The summed E-state index contributed by atoms with van der Waals surface area (Å²) < 4.78 is 1.43. The summed E-state index contributed by atoms with van der Waals surface area (Å²) in [5, 5.41) is 6.89. The molecule has 0 fully saturated rings. The van der Waals surface area contributed by atoms with Crippen molar-refractivity contribution >= 4 is 17.5 Å². The minimum absolute atomic E-state index is 0.142. The number of nitrogens with one attached hydrogen (secondary N) is 2. The minimum Gasteiger partial charge on any atom is -0.310 e. The predicted molar refractivity (Wildman–Crippen MR) is 66.6 cm³/mol. The van der Waals surface area contributed by atoms with Crippen LogP contribution in [0.2, 0.25) is 0 Å². The normalized spacial score (nSPS) is 11.1. The fourth-order valence-electron chi connectivity index (χ4n) is 1.47. The maximum atomic E-state index is 11.5. The van der Waals surface area contributed by atoms with E-state index in [0.717, 1.165) is 0 Å². The summed E-state index contributed by atoms with van der Waals surface area (Å²) in [5.74, 6) is 1.24. The molecule has 7 heteroatoms. The smallest absolute Gasteiger partial charge is 0.254 e. The molecule has 2 aromatic rings. The maximum Gasteiger partial charge on any atom is 0.254 e. The van der Waals surface area contributed by atoms with Crippen molar-refractivity contribution in [3.8, 4) is 0 Å². The van der Waals surface area contributed by atoms with Crippen molar-refractivity contribution in [2.24, 2.45) is 0 Å². The van der Waals surface area contributed by atoms with E-state index in [-0.39, 0.29) is 17.4 Å². The highest BCUT2D eigenvalue weighted by atomic mass is 16.1. The molecule has 0 aromatic carbocycles. The standard InChI is InChI=1S/C11H15N5O2/c1-4-8(17)12-7-5-9(18)13-11-14-10(6(2)3)15-16(7)11/h5-6H,4H2,1-3H3,(H,12,17)(H,13,14,15,18). The Morgan fingerprint density at radius 1 is 1.56 bits per heavy atom. The first-order valence-electron chi connectivity index (χ1n) is 5.81. The molecule has 2 aromatic heterocycles. The van der Waals surface area contributed by atoms with Crippen molar-refractivity contribution in [2.75, 3.05) is 5.32 Å². The lowest BCUT2D eigenvalue weighted by Crippen LogP contribution is -2.17. The van der Waals surface area contributed by atoms with Gasteiger partial charge in [0.2, 0.25) is 11.7 Å². The number of fused-ring (bicyclic) bond motifs is 1. The Hall–Kier alpha value is -2.18. The molecule has 0 aliphatic carbocycles. The highest BCUT2D eigenvalue weighted by molar-refractivity contribution is 5.89. The third-order valence-electron chi connectivity index (χ3n) is 2.46. The number of carbonyl (C=O) groups excluding carboxylic acids is 1. The van der Waals surface area contributed by atoms with Crippen LogP contribution in [0.1, 0.15) is 38.9 Å². The van der Waals surface area contributed by atoms with Crippen molar-refractivity contribution in [1.82, 2.24) is 19.6 Å². The topological polar surface area (TPSA) is 92.1 Å². The number of carbonyl (C=O) groups is 1. The molecule has 0 atom stereocenters. The zero-order valence-corrected chi connectivity index (χ0v) is 10.5. The van der Waals surface area contributed by atoms with Gasteiger partial charge >= 0.3 is 0 Å². The first kappa shape index (κ1) is 12.3. The molecule has 0 saturated carbocycles. The average molecular weight is 249 g/mol. The van der Waals surface area contributed by atoms with Crippen LogP contribution in [0.25, 0.3) is 5.78 Å². The number of anilines is 1. The number of aromatic nitrogens is 4. The fraction of sp³-hybridized carbons (Fsp3) is 0.455. The third kappa shape index (κ3) is 2.24. The van der Waals surface area contributed by atoms with Crippen LogP contribution in [-0.2, 0) is 4.79 Å². The van der Waals surface area contributed by atoms with Crippen LogP contribution < -0.4 is 10.9 Å². The van der Waals surface area contributed by atoms with Gasteiger partial charge in [-0.2, -0.15) is 9.50 Å². The number of hydrogen-bond donors (Lipinski definition) is 2. The predicted octanol–water partition coefficient (Wildman–Crippen LogP) is 0.889.